The van der Waals surface area contributed by atoms with Crippen LogP contribution in [-0.4, -0.2) is 23.2 Å². The molecule has 4 aromatic rings. The van der Waals surface area contributed by atoms with Gasteiger partial charge in [-0.3, -0.25) is 0 Å². The second kappa shape index (κ2) is 6.88. The number of hydrogen-bond donors (Lipinski definition) is 1. The van der Waals surface area contributed by atoms with E-state index in [9.17, 15) is 31.4 Å². The van der Waals surface area contributed by atoms with Crippen LogP contribution in [-0.2, 0) is 0 Å². The van der Waals surface area contributed by atoms with Crippen molar-refractivity contribution in [1.29, 1.82) is 0 Å². The third-order valence-corrected chi connectivity index (χ3v) is 6.90. The first kappa shape index (κ1) is 20.5. The summed E-state index contributed by atoms with van der Waals surface area (Å²) in [6.45, 7) is 0. The lowest BCUT2D eigenvalue weighted by atomic mass is 10.2. The molecule has 0 atom stereocenters. The molecule has 3 aromatic carbocycles. The van der Waals surface area contributed by atoms with Gasteiger partial charge >= 0.3 is 18.1 Å². The molecule has 1 N–H and O–H groups in total. The Kier molecular flexibility index (Phi) is 4.70. The first-order valence-corrected chi connectivity index (χ1v) is 9.83. The van der Waals surface area contributed by atoms with Crippen molar-refractivity contribution in [3.63, 3.8) is 0 Å². The van der Waals surface area contributed by atoms with Gasteiger partial charge in [-0.1, -0.05) is 30.3 Å². The summed E-state index contributed by atoms with van der Waals surface area (Å²) in [5.41, 5.74) is 0. The number of benzene rings is 3. The van der Waals surface area contributed by atoms with Crippen LogP contribution in [0.2, 0.25) is 0 Å². The van der Waals surface area contributed by atoms with Gasteiger partial charge in [0.05, 0.1) is 0 Å². The summed E-state index contributed by atoms with van der Waals surface area (Å²) in [5.74, 6) is -6.05. The van der Waals surface area contributed by atoms with Gasteiger partial charge < -0.3 is 9.84 Å². The van der Waals surface area contributed by atoms with E-state index in [2.05, 4.69) is 4.74 Å². The Balaban J connectivity index is 1.87. The fourth-order valence-corrected chi connectivity index (χ4v) is 5.64. The molecule has 0 saturated carbocycles. The van der Waals surface area contributed by atoms with E-state index in [4.69, 9.17) is 0 Å². The molecule has 30 heavy (non-hydrogen) atoms. The predicted molar refractivity (Wildman–Crippen MR) is 103 cm³/mol. The number of fused-ring (bicyclic) bond motifs is 3. The maximum Gasteiger partial charge on any atom is 0.465 e. The van der Waals surface area contributed by atoms with E-state index in [1.807, 2.05) is 48.5 Å². The van der Waals surface area contributed by atoms with Gasteiger partial charge in [-0.05, 0) is 36.4 Å². The van der Waals surface area contributed by atoms with Crippen LogP contribution in [0.4, 0.5) is 26.3 Å². The van der Waals surface area contributed by atoms with Crippen molar-refractivity contribution in [2.75, 3.05) is 0 Å². The van der Waals surface area contributed by atoms with Crippen molar-refractivity contribution in [3.8, 4) is 10.6 Å². The molecular weight excluding hydrogens is 430 g/mol. The van der Waals surface area contributed by atoms with Crippen molar-refractivity contribution < 1.29 is 36.2 Å². The fraction of sp³-hybridized carbons (Fsp3) is 0.143. The van der Waals surface area contributed by atoms with Crippen LogP contribution in [0.3, 0.4) is 0 Å². The van der Waals surface area contributed by atoms with Gasteiger partial charge in [0, 0.05) is 27.3 Å². The largest absolute Gasteiger partial charge is 0.465 e. The highest BCUT2D eigenvalue weighted by Crippen LogP contribution is 2.50. The highest BCUT2D eigenvalue weighted by molar-refractivity contribution is 7.50. The van der Waals surface area contributed by atoms with Gasteiger partial charge in [0.25, 0.3) is 0 Å². The van der Waals surface area contributed by atoms with Crippen LogP contribution in [0.5, 0.6) is 5.75 Å². The van der Waals surface area contributed by atoms with Crippen LogP contribution < -0.4 is 4.74 Å². The first-order chi connectivity index (χ1) is 14.0. The SMILES string of the molecule is OC(Oc1cccc(-[s+]2c3ccccc3c3ccccc32)c1)(C(F)(F)F)C(F)(F)F. The topological polar surface area (TPSA) is 29.5 Å². The van der Waals surface area contributed by atoms with E-state index < -0.39 is 34.4 Å². The lowest BCUT2D eigenvalue weighted by Gasteiger charge is -2.32. The first-order valence-electron chi connectivity index (χ1n) is 8.60. The van der Waals surface area contributed by atoms with Gasteiger partial charge in [0.15, 0.2) is 14.3 Å². The molecule has 2 nitrogen and oxygen atoms in total. The molecule has 0 aliphatic rings. The van der Waals surface area contributed by atoms with E-state index in [0.717, 1.165) is 32.3 Å². The van der Waals surface area contributed by atoms with Crippen LogP contribution in [0.25, 0.3) is 25.1 Å². The molecule has 0 spiro atoms. The molecule has 0 unspecified atom stereocenters. The van der Waals surface area contributed by atoms with Crippen LogP contribution in [0, 0.1) is 0 Å². The molecule has 4 rings (SSSR count). The lowest BCUT2D eigenvalue weighted by molar-refractivity contribution is -0.433. The van der Waals surface area contributed by atoms with Gasteiger partial charge in [-0.25, -0.2) is 0 Å². The molecule has 0 radical (unpaired) electrons. The molecule has 156 valence electrons. The quantitative estimate of drug-likeness (QED) is 0.212. The number of ether oxygens (including phenoxy) is 1. The zero-order valence-corrected chi connectivity index (χ0v) is 15.8. The minimum atomic E-state index is -6.07. The smallest absolute Gasteiger partial charge is 0.447 e. The van der Waals surface area contributed by atoms with Gasteiger partial charge in [-0.2, -0.15) is 26.3 Å². The maximum absolute atomic E-state index is 13.0. The van der Waals surface area contributed by atoms with Crippen molar-refractivity contribution in [1.82, 2.24) is 0 Å². The number of halogens is 6. The van der Waals surface area contributed by atoms with Gasteiger partial charge in [-0.15, -0.1) is 0 Å². The highest BCUT2D eigenvalue weighted by atomic mass is 32.2. The van der Waals surface area contributed by atoms with E-state index in [-0.39, 0.29) is 0 Å². The van der Waals surface area contributed by atoms with E-state index >= 15 is 0 Å². The average molecular weight is 443 g/mol. The summed E-state index contributed by atoms with van der Waals surface area (Å²) in [4.78, 5) is 0.469. The highest BCUT2D eigenvalue weighted by Gasteiger charge is 2.74. The lowest BCUT2D eigenvalue weighted by Crippen LogP contribution is -2.61. The number of aliphatic hydroxyl groups is 1. The third-order valence-electron chi connectivity index (χ3n) is 4.58. The van der Waals surface area contributed by atoms with Crippen LogP contribution >= 0.6 is 10.5 Å². The summed E-state index contributed by atoms with van der Waals surface area (Å²) in [7, 11) is -0.746. The molecule has 9 heteroatoms. The van der Waals surface area contributed by atoms with Crippen LogP contribution in [0.1, 0.15) is 0 Å². The molecule has 0 aliphatic heterocycles. The van der Waals surface area contributed by atoms with Crippen molar-refractivity contribution in [2.24, 2.45) is 0 Å². The zero-order chi connectivity index (χ0) is 21.7. The normalized spacial score (nSPS) is 13.2. The summed E-state index contributed by atoms with van der Waals surface area (Å²) >= 11 is 0. The Morgan fingerprint density at radius 3 is 1.67 bits per heavy atom. The minimum absolute atomic E-state index is 0.469. The van der Waals surface area contributed by atoms with Crippen molar-refractivity contribution >= 4 is 30.6 Å². The van der Waals surface area contributed by atoms with E-state index in [0.29, 0.717) is 4.90 Å². The molecule has 0 fully saturated rings. The summed E-state index contributed by atoms with van der Waals surface area (Å²) in [6, 6.07) is 19.9. The van der Waals surface area contributed by atoms with E-state index in [1.54, 1.807) is 6.07 Å². The Hall–Kier alpha value is -2.78. The Morgan fingerprint density at radius 2 is 1.17 bits per heavy atom. The second-order valence-corrected chi connectivity index (χ2v) is 8.48. The second-order valence-electron chi connectivity index (χ2n) is 6.51. The molecule has 1 heterocycles. The summed E-state index contributed by atoms with van der Waals surface area (Å²) < 4.78 is 83.8. The molecule has 0 aliphatic carbocycles. The fourth-order valence-electron chi connectivity index (χ4n) is 3.22. The minimum Gasteiger partial charge on any atom is -0.447 e. The molecule has 0 bridgehead atoms. The zero-order valence-electron chi connectivity index (χ0n) is 15.0. The maximum atomic E-state index is 13.0. The standard InChI is InChI=1S/C21H13F6O2S/c22-20(23,24)19(28,21(25,26)27)29-13-6-5-7-14(12-13)30-17-10-3-1-8-15(17)16-9-2-4-11-18(16)30/h1-12,28H/q+1. The Morgan fingerprint density at radius 1 is 0.667 bits per heavy atom. The summed E-state index contributed by atoms with van der Waals surface area (Å²) in [6.07, 6.45) is -12.1. The predicted octanol–water partition coefficient (Wildman–Crippen LogP) is 6.92. The molecule has 1 aromatic heterocycles. The third kappa shape index (κ3) is 3.18. The number of rotatable bonds is 3. The number of alkyl halides is 6. The Bertz CT molecular complexity index is 1160. The molecule has 0 saturated heterocycles. The van der Waals surface area contributed by atoms with Crippen molar-refractivity contribution in [3.05, 3.63) is 72.8 Å². The van der Waals surface area contributed by atoms with Gasteiger partial charge in [0.2, 0.25) is 0 Å². The Labute approximate surface area is 168 Å². The van der Waals surface area contributed by atoms with Gasteiger partial charge in [0.1, 0.15) is 5.75 Å². The average Bonchev–Trinajstić information content (AvgIpc) is 3.01. The molecular formula is C21H13F6O2S+. The number of hydrogen-bond acceptors (Lipinski definition) is 2. The molecule has 0 amide bonds. The van der Waals surface area contributed by atoms with E-state index in [1.165, 1.54) is 6.07 Å². The monoisotopic (exact) mass is 443 g/mol. The number of thiophene rings is 1. The summed E-state index contributed by atoms with van der Waals surface area (Å²) in [5, 5.41) is 11.2. The van der Waals surface area contributed by atoms with Crippen molar-refractivity contribution in [2.45, 2.75) is 18.1 Å². The van der Waals surface area contributed by atoms with Crippen LogP contribution in [0.15, 0.2) is 72.8 Å².